The van der Waals surface area contributed by atoms with Crippen molar-refractivity contribution in [3.8, 4) is 0 Å². The molecule has 100 valence electrons. The summed E-state index contributed by atoms with van der Waals surface area (Å²) in [5.41, 5.74) is 0. The molecule has 0 aromatic rings. The summed E-state index contributed by atoms with van der Waals surface area (Å²) in [7, 11) is 0. The molecule has 1 aliphatic carbocycles. The summed E-state index contributed by atoms with van der Waals surface area (Å²) < 4.78 is 10.8. The smallest absolute Gasteiger partial charge is 0.147 e. The normalized spacial score (nSPS) is 32.8. The lowest BCUT2D eigenvalue weighted by Gasteiger charge is -2.23. The second-order valence-corrected chi connectivity index (χ2v) is 5.67. The van der Waals surface area contributed by atoms with Crippen molar-refractivity contribution in [2.45, 2.75) is 76.6 Å². The quantitative estimate of drug-likeness (QED) is 0.805. The SMILES string of the molecule is CC1OCOC1CC(O)CCC1CCCCC1. The van der Waals surface area contributed by atoms with Gasteiger partial charge in [-0.25, -0.2) is 0 Å². The van der Waals surface area contributed by atoms with Gasteiger partial charge in [-0.1, -0.05) is 32.1 Å². The summed E-state index contributed by atoms with van der Waals surface area (Å²) in [6.45, 7) is 2.41. The van der Waals surface area contributed by atoms with E-state index in [1.807, 2.05) is 6.92 Å². The minimum Gasteiger partial charge on any atom is -0.393 e. The summed E-state index contributed by atoms with van der Waals surface area (Å²) in [4.78, 5) is 0. The first-order chi connectivity index (χ1) is 8.25. The van der Waals surface area contributed by atoms with Gasteiger partial charge in [0.25, 0.3) is 0 Å². The molecule has 2 rings (SSSR count). The molecule has 1 saturated heterocycles. The minimum atomic E-state index is -0.217. The Hall–Kier alpha value is -0.120. The molecule has 0 radical (unpaired) electrons. The minimum absolute atomic E-state index is 0.0938. The van der Waals surface area contributed by atoms with Crippen LogP contribution in [-0.4, -0.2) is 30.2 Å². The van der Waals surface area contributed by atoms with E-state index in [1.165, 1.54) is 38.5 Å². The maximum atomic E-state index is 10.0. The average Bonchev–Trinajstić information content (AvgIpc) is 2.74. The van der Waals surface area contributed by atoms with Gasteiger partial charge < -0.3 is 14.6 Å². The van der Waals surface area contributed by atoms with Crippen LogP contribution in [0.25, 0.3) is 0 Å². The number of ether oxygens (including phenoxy) is 2. The molecule has 1 heterocycles. The van der Waals surface area contributed by atoms with E-state index in [-0.39, 0.29) is 18.3 Å². The van der Waals surface area contributed by atoms with Crippen LogP contribution in [0.2, 0.25) is 0 Å². The summed E-state index contributed by atoms with van der Waals surface area (Å²) in [6.07, 6.45) is 9.77. The molecule has 1 aliphatic heterocycles. The molecular formula is C14H26O3. The van der Waals surface area contributed by atoms with Gasteiger partial charge in [-0.3, -0.25) is 0 Å². The molecule has 1 saturated carbocycles. The third kappa shape index (κ3) is 4.23. The van der Waals surface area contributed by atoms with Crippen molar-refractivity contribution in [3.63, 3.8) is 0 Å². The molecule has 2 aliphatic rings. The average molecular weight is 242 g/mol. The maximum Gasteiger partial charge on any atom is 0.147 e. The van der Waals surface area contributed by atoms with Crippen molar-refractivity contribution in [3.05, 3.63) is 0 Å². The van der Waals surface area contributed by atoms with Crippen molar-refractivity contribution in [2.75, 3.05) is 6.79 Å². The van der Waals surface area contributed by atoms with Crippen molar-refractivity contribution < 1.29 is 14.6 Å². The van der Waals surface area contributed by atoms with Crippen LogP contribution in [0.5, 0.6) is 0 Å². The van der Waals surface area contributed by atoms with Gasteiger partial charge in [-0.2, -0.15) is 0 Å². The Morgan fingerprint density at radius 2 is 1.94 bits per heavy atom. The van der Waals surface area contributed by atoms with E-state index in [0.29, 0.717) is 6.79 Å². The van der Waals surface area contributed by atoms with Gasteiger partial charge in [-0.05, 0) is 25.7 Å². The lowest BCUT2D eigenvalue weighted by molar-refractivity contribution is 0.0243. The van der Waals surface area contributed by atoms with E-state index in [1.54, 1.807) is 0 Å². The van der Waals surface area contributed by atoms with Crippen LogP contribution in [0.1, 0.15) is 58.3 Å². The lowest BCUT2D eigenvalue weighted by atomic mass is 9.85. The number of aliphatic hydroxyl groups excluding tert-OH is 1. The fraction of sp³-hybridized carbons (Fsp3) is 1.00. The van der Waals surface area contributed by atoms with E-state index < -0.39 is 0 Å². The third-order valence-corrected chi connectivity index (χ3v) is 4.27. The Labute approximate surface area is 104 Å². The van der Waals surface area contributed by atoms with Crippen LogP contribution in [0.4, 0.5) is 0 Å². The zero-order valence-electron chi connectivity index (χ0n) is 10.9. The van der Waals surface area contributed by atoms with Crippen molar-refractivity contribution >= 4 is 0 Å². The maximum absolute atomic E-state index is 10.0. The molecule has 3 unspecified atom stereocenters. The third-order valence-electron chi connectivity index (χ3n) is 4.27. The van der Waals surface area contributed by atoms with E-state index >= 15 is 0 Å². The molecule has 3 heteroatoms. The van der Waals surface area contributed by atoms with Gasteiger partial charge >= 0.3 is 0 Å². The van der Waals surface area contributed by atoms with Crippen molar-refractivity contribution in [1.29, 1.82) is 0 Å². The Bertz CT molecular complexity index is 214. The molecule has 3 nitrogen and oxygen atoms in total. The molecule has 1 N–H and O–H groups in total. The highest BCUT2D eigenvalue weighted by Crippen LogP contribution is 2.28. The predicted octanol–water partition coefficient (Wildman–Crippen LogP) is 2.86. The zero-order valence-corrected chi connectivity index (χ0v) is 10.9. The summed E-state index contributed by atoms with van der Waals surface area (Å²) in [6, 6.07) is 0. The summed E-state index contributed by atoms with van der Waals surface area (Å²) in [5.74, 6) is 0.858. The number of rotatable bonds is 5. The molecule has 2 fully saturated rings. The van der Waals surface area contributed by atoms with Crippen LogP contribution in [0.15, 0.2) is 0 Å². The summed E-state index contributed by atoms with van der Waals surface area (Å²) >= 11 is 0. The van der Waals surface area contributed by atoms with E-state index in [9.17, 15) is 5.11 Å². The first-order valence-electron chi connectivity index (χ1n) is 7.17. The first-order valence-corrected chi connectivity index (χ1v) is 7.17. The molecule has 0 amide bonds. The Balaban J connectivity index is 1.61. The van der Waals surface area contributed by atoms with Crippen LogP contribution in [0.3, 0.4) is 0 Å². The fourth-order valence-electron chi connectivity index (χ4n) is 3.03. The van der Waals surface area contributed by atoms with E-state index in [4.69, 9.17) is 9.47 Å². The van der Waals surface area contributed by atoms with Gasteiger partial charge in [0.2, 0.25) is 0 Å². The molecule has 0 aromatic heterocycles. The summed E-state index contributed by atoms with van der Waals surface area (Å²) in [5, 5.41) is 10.0. The van der Waals surface area contributed by atoms with Crippen molar-refractivity contribution in [2.24, 2.45) is 5.92 Å². The standard InChI is InChI=1S/C14H26O3/c1-11-14(17-10-16-11)9-13(15)8-7-12-5-3-2-4-6-12/h11-15H,2-10H2,1H3. The van der Waals surface area contributed by atoms with Gasteiger partial charge in [0.05, 0.1) is 18.3 Å². The second kappa shape index (κ2) is 6.72. The van der Waals surface area contributed by atoms with E-state index in [2.05, 4.69) is 0 Å². The number of hydrogen-bond acceptors (Lipinski definition) is 3. The van der Waals surface area contributed by atoms with Gasteiger partial charge in [0, 0.05) is 6.42 Å². The van der Waals surface area contributed by atoms with Crippen LogP contribution < -0.4 is 0 Å². The molecule has 0 spiro atoms. The molecule has 0 bridgehead atoms. The highest BCUT2D eigenvalue weighted by molar-refractivity contribution is 4.75. The van der Waals surface area contributed by atoms with Gasteiger partial charge in [-0.15, -0.1) is 0 Å². The molecule has 0 aromatic carbocycles. The monoisotopic (exact) mass is 242 g/mol. The predicted molar refractivity (Wildman–Crippen MR) is 66.7 cm³/mol. The lowest BCUT2D eigenvalue weighted by Crippen LogP contribution is -2.25. The van der Waals surface area contributed by atoms with Crippen molar-refractivity contribution in [1.82, 2.24) is 0 Å². The van der Waals surface area contributed by atoms with Gasteiger partial charge in [0.15, 0.2) is 0 Å². The topological polar surface area (TPSA) is 38.7 Å². The molecule has 17 heavy (non-hydrogen) atoms. The number of aliphatic hydroxyl groups is 1. The fourth-order valence-corrected chi connectivity index (χ4v) is 3.03. The Morgan fingerprint density at radius 1 is 1.18 bits per heavy atom. The van der Waals surface area contributed by atoms with Crippen LogP contribution >= 0.6 is 0 Å². The highest BCUT2D eigenvalue weighted by Gasteiger charge is 2.27. The van der Waals surface area contributed by atoms with Gasteiger partial charge in [0.1, 0.15) is 6.79 Å². The van der Waals surface area contributed by atoms with E-state index in [0.717, 1.165) is 18.8 Å². The Kier molecular flexibility index (Phi) is 5.26. The molecular weight excluding hydrogens is 216 g/mol. The highest BCUT2D eigenvalue weighted by atomic mass is 16.7. The van der Waals surface area contributed by atoms with Crippen LogP contribution in [-0.2, 0) is 9.47 Å². The second-order valence-electron chi connectivity index (χ2n) is 5.67. The Morgan fingerprint density at radius 3 is 2.59 bits per heavy atom. The first kappa shape index (κ1) is 13.3. The molecule has 3 atom stereocenters. The zero-order chi connectivity index (χ0) is 12.1. The number of hydrogen-bond donors (Lipinski definition) is 1. The van der Waals surface area contributed by atoms with Crippen LogP contribution in [0, 0.1) is 5.92 Å². The largest absolute Gasteiger partial charge is 0.393 e.